The molecule has 9 heteroatoms. The average molecular weight is 431 g/mol. The smallest absolute Gasteiger partial charge is 0.371 e. The summed E-state index contributed by atoms with van der Waals surface area (Å²) < 4.78 is 16.5. The molecule has 2 aromatic rings. The standard InChI is InChI=1S/C21H21NO7S/c1-3-9-22-19(23)18(30-21(22)26)11-13-5-7-15(17(10-13)27-4-2)28-12-14-6-8-16(29-14)20(24)25/h5-8,10-11H,3-4,9,12H2,1-2H3,(H,24,25). The maximum Gasteiger partial charge on any atom is 0.371 e. The molecule has 0 atom stereocenters. The second-order valence-electron chi connectivity index (χ2n) is 6.33. The molecule has 1 aliphatic rings. The second kappa shape index (κ2) is 9.53. The molecule has 1 aromatic carbocycles. The van der Waals surface area contributed by atoms with Crippen LogP contribution in [-0.4, -0.2) is 40.3 Å². The van der Waals surface area contributed by atoms with Crippen LogP contribution in [0, 0.1) is 0 Å². The highest BCUT2D eigenvalue weighted by molar-refractivity contribution is 8.18. The van der Waals surface area contributed by atoms with E-state index < -0.39 is 5.97 Å². The molecule has 1 N–H and O–H groups in total. The number of ether oxygens (including phenoxy) is 2. The van der Waals surface area contributed by atoms with Crippen LogP contribution in [0.3, 0.4) is 0 Å². The number of rotatable bonds is 9. The average Bonchev–Trinajstić information content (AvgIpc) is 3.29. The van der Waals surface area contributed by atoms with Crippen molar-refractivity contribution in [1.82, 2.24) is 4.90 Å². The van der Waals surface area contributed by atoms with Crippen LogP contribution in [0.2, 0.25) is 0 Å². The Morgan fingerprint density at radius 1 is 1.17 bits per heavy atom. The Kier molecular flexibility index (Phi) is 6.83. The predicted octanol–water partition coefficient (Wildman–Crippen LogP) is 4.40. The van der Waals surface area contributed by atoms with E-state index in [9.17, 15) is 14.4 Å². The first-order valence-electron chi connectivity index (χ1n) is 9.40. The molecule has 0 bridgehead atoms. The lowest BCUT2D eigenvalue weighted by molar-refractivity contribution is -0.122. The van der Waals surface area contributed by atoms with Crippen molar-refractivity contribution in [3.05, 3.63) is 52.3 Å². The number of carboxylic acid groups (broad SMARTS) is 1. The van der Waals surface area contributed by atoms with Crippen molar-refractivity contribution in [3.8, 4) is 11.5 Å². The molecule has 1 aromatic heterocycles. The minimum absolute atomic E-state index is 0.0304. The lowest BCUT2D eigenvalue weighted by atomic mass is 10.2. The molecule has 0 aliphatic carbocycles. The molecule has 1 saturated heterocycles. The molecule has 3 rings (SSSR count). The van der Waals surface area contributed by atoms with Crippen molar-refractivity contribution >= 4 is 35.0 Å². The van der Waals surface area contributed by atoms with Gasteiger partial charge in [-0.05, 0) is 61.0 Å². The molecule has 158 valence electrons. The van der Waals surface area contributed by atoms with E-state index in [1.807, 2.05) is 13.8 Å². The summed E-state index contributed by atoms with van der Waals surface area (Å²) in [5.74, 6) is -0.332. The number of carbonyl (C=O) groups excluding carboxylic acids is 2. The highest BCUT2D eigenvalue weighted by atomic mass is 32.2. The van der Waals surface area contributed by atoms with Crippen LogP contribution in [-0.2, 0) is 11.4 Å². The van der Waals surface area contributed by atoms with Gasteiger partial charge in [0.05, 0.1) is 11.5 Å². The number of carbonyl (C=O) groups is 3. The Morgan fingerprint density at radius 3 is 2.63 bits per heavy atom. The monoisotopic (exact) mass is 431 g/mol. The van der Waals surface area contributed by atoms with Crippen molar-refractivity contribution < 1.29 is 33.4 Å². The van der Waals surface area contributed by atoms with Crippen LogP contribution in [0.4, 0.5) is 4.79 Å². The topological polar surface area (TPSA) is 106 Å². The molecular weight excluding hydrogens is 410 g/mol. The summed E-state index contributed by atoms with van der Waals surface area (Å²) in [6.07, 6.45) is 2.36. The summed E-state index contributed by atoms with van der Waals surface area (Å²) in [7, 11) is 0. The lowest BCUT2D eigenvalue weighted by Gasteiger charge is -2.12. The zero-order valence-corrected chi connectivity index (χ0v) is 17.4. The highest BCUT2D eigenvalue weighted by Crippen LogP contribution is 2.35. The third-order valence-corrected chi connectivity index (χ3v) is 5.04. The molecule has 2 heterocycles. The molecule has 0 spiro atoms. The van der Waals surface area contributed by atoms with Crippen LogP contribution in [0.1, 0.15) is 42.1 Å². The first-order chi connectivity index (χ1) is 14.4. The summed E-state index contributed by atoms with van der Waals surface area (Å²) in [6, 6.07) is 8.05. The molecule has 0 unspecified atom stereocenters. The number of imide groups is 1. The number of aromatic carboxylic acids is 1. The summed E-state index contributed by atoms with van der Waals surface area (Å²) in [5, 5.41) is 8.65. The predicted molar refractivity (Wildman–Crippen MR) is 111 cm³/mol. The van der Waals surface area contributed by atoms with Crippen molar-refractivity contribution in [2.24, 2.45) is 0 Å². The fourth-order valence-corrected chi connectivity index (χ4v) is 3.65. The third kappa shape index (κ3) is 4.85. The quantitative estimate of drug-likeness (QED) is 0.582. The Bertz CT molecular complexity index is 995. The molecule has 1 fully saturated rings. The number of benzene rings is 1. The first kappa shape index (κ1) is 21.5. The van der Waals surface area contributed by atoms with Crippen molar-refractivity contribution in [2.45, 2.75) is 26.9 Å². The maximum absolute atomic E-state index is 12.4. The summed E-state index contributed by atoms with van der Waals surface area (Å²) >= 11 is 0.918. The molecule has 0 saturated carbocycles. The van der Waals surface area contributed by atoms with Crippen molar-refractivity contribution in [1.29, 1.82) is 0 Å². The normalized spacial score (nSPS) is 15.1. The molecule has 30 heavy (non-hydrogen) atoms. The van der Waals surface area contributed by atoms with Crippen LogP contribution in [0.25, 0.3) is 6.08 Å². The van der Waals surface area contributed by atoms with E-state index >= 15 is 0 Å². The lowest BCUT2D eigenvalue weighted by Crippen LogP contribution is -2.28. The first-order valence-corrected chi connectivity index (χ1v) is 10.2. The van der Waals surface area contributed by atoms with Gasteiger partial charge in [0, 0.05) is 6.54 Å². The van der Waals surface area contributed by atoms with Crippen molar-refractivity contribution in [2.75, 3.05) is 13.2 Å². The van der Waals surface area contributed by atoms with Crippen LogP contribution >= 0.6 is 11.8 Å². The van der Waals surface area contributed by atoms with Crippen LogP contribution < -0.4 is 9.47 Å². The number of hydrogen-bond donors (Lipinski definition) is 1. The van der Waals surface area contributed by atoms with E-state index in [1.54, 1.807) is 24.3 Å². The van der Waals surface area contributed by atoms with Crippen molar-refractivity contribution in [3.63, 3.8) is 0 Å². The van der Waals surface area contributed by atoms with Gasteiger partial charge in [-0.15, -0.1) is 0 Å². The number of amides is 2. The van der Waals surface area contributed by atoms with E-state index in [0.29, 0.717) is 47.3 Å². The molecular formula is C21H21NO7S. The number of thioether (sulfide) groups is 1. The second-order valence-corrected chi connectivity index (χ2v) is 7.33. The zero-order chi connectivity index (χ0) is 21.7. The Morgan fingerprint density at radius 2 is 1.97 bits per heavy atom. The maximum atomic E-state index is 12.4. The van der Waals surface area contributed by atoms with E-state index in [-0.39, 0.29) is 23.5 Å². The molecule has 0 radical (unpaired) electrons. The highest BCUT2D eigenvalue weighted by Gasteiger charge is 2.34. The SMILES string of the molecule is CCCN1C(=O)SC(=Cc2ccc(OCc3ccc(C(=O)O)o3)c(OCC)c2)C1=O. The fourth-order valence-electron chi connectivity index (χ4n) is 2.79. The Hall–Kier alpha value is -3.20. The summed E-state index contributed by atoms with van der Waals surface area (Å²) in [5.41, 5.74) is 0.693. The number of carboxylic acids is 1. The number of furan rings is 1. The Labute approximate surface area is 177 Å². The van der Waals surface area contributed by atoms with Gasteiger partial charge in [0.2, 0.25) is 5.76 Å². The molecule has 2 amide bonds. The van der Waals surface area contributed by atoms with E-state index in [2.05, 4.69) is 0 Å². The van der Waals surface area contributed by atoms with Crippen LogP contribution in [0.5, 0.6) is 11.5 Å². The van der Waals surface area contributed by atoms with Gasteiger partial charge in [0.1, 0.15) is 12.4 Å². The van der Waals surface area contributed by atoms with Gasteiger partial charge >= 0.3 is 5.97 Å². The number of nitrogens with zero attached hydrogens (tertiary/aromatic N) is 1. The van der Waals surface area contributed by atoms with Gasteiger partial charge in [0.15, 0.2) is 11.5 Å². The molecule has 1 aliphatic heterocycles. The minimum Gasteiger partial charge on any atom is -0.490 e. The van der Waals surface area contributed by atoms with Gasteiger partial charge in [-0.2, -0.15) is 0 Å². The zero-order valence-electron chi connectivity index (χ0n) is 16.5. The van der Waals surface area contributed by atoms with Crippen LogP contribution in [0.15, 0.2) is 39.7 Å². The summed E-state index contributed by atoms with van der Waals surface area (Å²) in [6.45, 7) is 4.57. The van der Waals surface area contributed by atoms with Gasteiger partial charge in [-0.25, -0.2) is 4.79 Å². The van der Waals surface area contributed by atoms with Gasteiger partial charge < -0.3 is 19.0 Å². The molecule has 8 nitrogen and oxygen atoms in total. The van der Waals surface area contributed by atoms with E-state index in [1.165, 1.54) is 17.0 Å². The largest absolute Gasteiger partial charge is 0.490 e. The van der Waals surface area contributed by atoms with Gasteiger partial charge in [0.25, 0.3) is 11.1 Å². The fraction of sp³-hybridized carbons (Fsp3) is 0.286. The number of hydrogen-bond acceptors (Lipinski definition) is 7. The summed E-state index contributed by atoms with van der Waals surface area (Å²) in [4.78, 5) is 36.9. The third-order valence-electron chi connectivity index (χ3n) is 4.13. The Balaban J connectivity index is 1.77. The van der Waals surface area contributed by atoms with Gasteiger partial charge in [-0.3, -0.25) is 14.5 Å². The minimum atomic E-state index is -1.15. The van der Waals surface area contributed by atoms with E-state index in [0.717, 1.165) is 11.8 Å². The van der Waals surface area contributed by atoms with E-state index in [4.69, 9.17) is 19.0 Å². The van der Waals surface area contributed by atoms with Gasteiger partial charge in [-0.1, -0.05) is 13.0 Å².